The van der Waals surface area contributed by atoms with Crippen LogP contribution in [0.4, 0.5) is 0 Å². The molecular formula is C17H24ClNO4. The van der Waals surface area contributed by atoms with Crippen LogP contribution in [0.15, 0.2) is 12.1 Å². The Balaban J connectivity index is 2.20. The summed E-state index contributed by atoms with van der Waals surface area (Å²) >= 11 is 6.35. The van der Waals surface area contributed by atoms with Crippen LogP contribution in [0.1, 0.15) is 38.7 Å². The van der Waals surface area contributed by atoms with Gasteiger partial charge in [-0.05, 0) is 50.4 Å². The second kappa shape index (κ2) is 8.41. The Hall–Kier alpha value is -1.46. The van der Waals surface area contributed by atoms with Crippen molar-refractivity contribution in [2.75, 3.05) is 19.8 Å². The van der Waals surface area contributed by atoms with Gasteiger partial charge in [0, 0.05) is 6.54 Å². The monoisotopic (exact) mass is 341 g/mol. The van der Waals surface area contributed by atoms with E-state index < -0.39 is 12.0 Å². The van der Waals surface area contributed by atoms with E-state index in [2.05, 4.69) is 0 Å². The van der Waals surface area contributed by atoms with Crippen LogP contribution in [-0.4, -0.2) is 41.8 Å². The second-order valence-electron chi connectivity index (χ2n) is 5.65. The zero-order chi connectivity index (χ0) is 16.8. The van der Waals surface area contributed by atoms with Gasteiger partial charge in [0.1, 0.15) is 6.04 Å². The van der Waals surface area contributed by atoms with Crippen LogP contribution >= 0.6 is 11.6 Å². The molecule has 0 bridgehead atoms. The summed E-state index contributed by atoms with van der Waals surface area (Å²) in [6.07, 6.45) is 2.48. The topological polar surface area (TPSA) is 59.0 Å². The molecule has 0 amide bonds. The van der Waals surface area contributed by atoms with E-state index in [9.17, 15) is 9.90 Å². The number of benzene rings is 1. The van der Waals surface area contributed by atoms with Gasteiger partial charge in [-0.2, -0.15) is 0 Å². The van der Waals surface area contributed by atoms with E-state index in [0.717, 1.165) is 24.9 Å². The Morgan fingerprint density at radius 2 is 2.17 bits per heavy atom. The zero-order valence-electron chi connectivity index (χ0n) is 13.7. The molecule has 6 heteroatoms. The lowest BCUT2D eigenvalue weighted by molar-refractivity contribution is -0.142. The van der Waals surface area contributed by atoms with E-state index in [1.807, 2.05) is 30.9 Å². The summed E-state index contributed by atoms with van der Waals surface area (Å²) in [4.78, 5) is 13.3. The number of likely N-dealkylation sites (tertiary alicyclic amines) is 1. The number of rotatable bonds is 8. The maximum atomic E-state index is 11.3. The number of hydrogen-bond donors (Lipinski definition) is 1. The Kier molecular flexibility index (Phi) is 6.54. The molecule has 23 heavy (non-hydrogen) atoms. The summed E-state index contributed by atoms with van der Waals surface area (Å²) in [5.41, 5.74) is 0.940. The van der Waals surface area contributed by atoms with Crippen molar-refractivity contribution in [3.05, 3.63) is 22.7 Å². The van der Waals surface area contributed by atoms with Gasteiger partial charge in [-0.3, -0.25) is 9.69 Å². The number of aliphatic carboxylic acids is 1. The highest BCUT2D eigenvalue weighted by molar-refractivity contribution is 6.32. The summed E-state index contributed by atoms with van der Waals surface area (Å²) in [6.45, 7) is 6.36. The third-order valence-electron chi connectivity index (χ3n) is 3.85. The van der Waals surface area contributed by atoms with E-state index in [1.54, 1.807) is 0 Å². The highest BCUT2D eigenvalue weighted by Crippen LogP contribution is 2.37. The summed E-state index contributed by atoms with van der Waals surface area (Å²) < 4.78 is 11.3. The Labute approximate surface area is 142 Å². The van der Waals surface area contributed by atoms with Gasteiger partial charge < -0.3 is 14.6 Å². The molecule has 1 aromatic carbocycles. The Bertz CT molecular complexity index is 550. The van der Waals surface area contributed by atoms with Crippen molar-refractivity contribution in [1.82, 2.24) is 4.90 Å². The summed E-state index contributed by atoms with van der Waals surface area (Å²) in [6, 6.07) is 3.32. The minimum Gasteiger partial charge on any atom is -0.490 e. The molecule has 1 aliphatic rings. The first-order valence-electron chi connectivity index (χ1n) is 8.11. The fourth-order valence-electron chi connectivity index (χ4n) is 2.85. The molecule has 0 saturated carbocycles. The molecule has 0 spiro atoms. The van der Waals surface area contributed by atoms with E-state index in [4.69, 9.17) is 21.1 Å². The lowest BCUT2D eigenvalue weighted by Crippen LogP contribution is -2.35. The van der Waals surface area contributed by atoms with Crippen LogP contribution in [0.2, 0.25) is 5.02 Å². The molecule has 128 valence electrons. The molecule has 0 radical (unpaired) electrons. The van der Waals surface area contributed by atoms with Crippen LogP contribution in [0, 0.1) is 0 Å². The minimum atomic E-state index is -0.762. The van der Waals surface area contributed by atoms with Gasteiger partial charge in [0.15, 0.2) is 11.5 Å². The number of carbonyl (C=O) groups is 1. The van der Waals surface area contributed by atoms with Crippen molar-refractivity contribution in [2.24, 2.45) is 0 Å². The number of nitrogens with zero attached hydrogens (tertiary/aromatic N) is 1. The van der Waals surface area contributed by atoms with Gasteiger partial charge in [-0.25, -0.2) is 0 Å². The standard InChI is InChI=1S/C17H24ClNO4/c1-3-8-23-16-13(18)9-12(10-15(16)22-4-2)11-19-7-5-6-14(19)17(20)21/h9-10,14H,3-8,11H2,1-2H3,(H,20,21)/t14-/m0/s1. The van der Waals surface area contributed by atoms with Gasteiger partial charge in [-0.15, -0.1) is 0 Å². The first kappa shape index (κ1) is 17.9. The van der Waals surface area contributed by atoms with Gasteiger partial charge in [0.25, 0.3) is 0 Å². The minimum absolute atomic E-state index is 0.416. The van der Waals surface area contributed by atoms with Crippen molar-refractivity contribution in [1.29, 1.82) is 0 Å². The molecule has 0 aromatic heterocycles. The summed E-state index contributed by atoms with van der Waals surface area (Å²) in [5, 5.41) is 9.79. The Morgan fingerprint density at radius 1 is 1.39 bits per heavy atom. The van der Waals surface area contributed by atoms with Crippen molar-refractivity contribution in [3.63, 3.8) is 0 Å². The fourth-order valence-corrected chi connectivity index (χ4v) is 3.14. The molecule has 1 heterocycles. The molecular weight excluding hydrogens is 318 g/mol. The predicted octanol–water partition coefficient (Wildman–Crippen LogP) is 3.58. The van der Waals surface area contributed by atoms with Crippen LogP contribution in [-0.2, 0) is 11.3 Å². The van der Waals surface area contributed by atoms with Crippen LogP contribution < -0.4 is 9.47 Å². The Morgan fingerprint density at radius 3 is 2.83 bits per heavy atom. The first-order valence-corrected chi connectivity index (χ1v) is 8.49. The normalized spacial score (nSPS) is 18.1. The lowest BCUT2D eigenvalue weighted by Gasteiger charge is -2.22. The molecule has 1 N–H and O–H groups in total. The molecule has 0 aliphatic carbocycles. The van der Waals surface area contributed by atoms with Crippen molar-refractivity contribution in [3.8, 4) is 11.5 Å². The maximum Gasteiger partial charge on any atom is 0.320 e. The van der Waals surface area contributed by atoms with Crippen molar-refractivity contribution in [2.45, 2.75) is 45.7 Å². The van der Waals surface area contributed by atoms with Crippen LogP contribution in [0.25, 0.3) is 0 Å². The molecule has 0 unspecified atom stereocenters. The number of ether oxygens (including phenoxy) is 2. The van der Waals surface area contributed by atoms with Crippen molar-refractivity contribution < 1.29 is 19.4 Å². The van der Waals surface area contributed by atoms with Crippen LogP contribution in [0.3, 0.4) is 0 Å². The quantitative estimate of drug-likeness (QED) is 0.783. The van der Waals surface area contributed by atoms with Gasteiger partial charge >= 0.3 is 5.97 Å². The number of carboxylic acid groups (broad SMARTS) is 1. The van der Waals surface area contributed by atoms with Crippen molar-refractivity contribution >= 4 is 17.6 Å². The average molecular weight is 342 g/mol. The lowest BCUT2D eigenvalue weighted by atomic mass is 10.1. The average Bonchev–Trinajstić information content (AvgIpc) is 2.95. The number of halogens is 1. The second-order valence-corrected chi connectivity index (χ2v) is 6.06. The van der Waals surface area contributed by atoms with Crippen LogP contribution in [0.5, 0.6) is 11.5 Å². The summed E-state index contributed by atoms with van der Waals surface area (Å²) in [7, 11) is 0. The molecule has 1 atom stereocenters. The largest absolute Gasteiger partial charge is 0.490 e. The fraction of sp³-hybridized carbons (Fsp3) is 0.588. The molecule has 2 rings (SSSR count). The molecule has 1 fully saturated rings. The highest BCUT2D eigenvalue weighted by Gasteiger charge is 2.30. The first-order chi connectivity index (χ1) is 11.1. The summed E-state index contributed by atoms with van der Waals surface area (Å²) in [5.74, 6) is 0.423. The molecule has 1 aromatic rings. The van der Waals surface area contributed by atoms with E-state index in [1.165, 1.54) is 0 Å². The third-order valence-corrected chi connectivity index (χ3v) is 4.13. The SMILES string of the molecule is CCCOc1c(Cl)cc(CN2CCC[C@H]2C(=O)O)cc1OCC. The maximum absolute atomic E-state index is 11.3. The zero-order valence-corrected chi connectivity index (χ0v) is 14.4. The third kappa shape index (κ3) is 4.52. The number of carboxylic acids is 1. The van der Waals surface area contributed by atoms with E-state index >= 15 is 0 Å². The van der Waals surface area contributed by atoms with Gasteiger partial charge in [0.05, 0.1) is 18.2 Å². The van der Waals surface area contributed by atoms with E-state index in [-0.39, 0.29) is 0 Å². The van der Waals surface area contributed by atoms with Gasteiger partial charge in [0.2, 0.25) is 0 Å². The molecule has 1 saturated heterocycles. The predicted molar refractivity (Wildman–Crippen MR) is 89.5 cm³/mol. The van der Waals surface area contributed by atoms with E-state index in [0.29, 0.717) is 42.7 Å². The highest BCUT2D eigenvalue weighted by atomic mass is 35.5. The number of hydrogen-bond acceptors (Lipinski definition) is 4. The van der Waals surface area contributed by atoms with Gasteiger partial charge in [-0.1, -0.05) is 18.5 Å². The molecule has 1 aliphatic heterocycles. The molecule has 5 nitrogen and oxygen atoms in total. The smallest absolute Gasteiger partial charge is 0.320 e.